The molecule has 68 heavy (non-hydrogen) atoms. The molecule has 0 atom stereocenters. The number of hydrogen-bond donors (Lipinski definition) is 4. The predicted molar refractivity (Wildman–Crippen MR) is 264 cm³/mol. The van der Waals surface area contributed by atoms with Crippen LogP contribution in [0.3, 0.4) is 0 Å². The Labute approximate surface area is 393 Å². The van der Waals surface area contributed by atoms with Gasteiger partial charge in [0, 0.05) is 129 Å². The first-order valence-electron chi connectivity index (χ1n) is 21.6. The van der Waals surface area contributed by atoms with E-state index in [0.29, 0.717) is 40.0 Å². The Hall–Kier alpha value is -7.69. The summed E-state index contributed by atoms with van der Waals surface area (Å²) in [6.45, 7) is 4.32. The maximum atomic E-state index is 13.7. The highest BCUT2D eigenvalue weighted by molar-refractivity contribution is 7.92. The van der Waals surface area contributed by atoms with Gasteiger partial charge in [0.05, 0.1) is 48.9 Å². The van der Waals surface area contributed by atoms with E-state index in [1.165, 1.54) is 38.9 Å². The zero-order chi connectivity index (χ0) is 47.6. The normalized spacial score (nSPS) is 13.1. The number of hydrogen-bond acceptors (Lipinski definition) is 15. The number of nitrogens with one attached hydrogen (secondary N) is 4. The minimum atomic E-state index is -3.61. The van der Waals surface area contributed by atoms with Crippen LogP contribution in [0.15, 0.2) is 116 Å². The second-order valence-corrected chi connectivity index (χ2v) is 20.3. The van der Waals surface area contributed by atoms with Crippen LogP contribution in [0.4, 0.5) is 40.3 Å². The highest BCUT2D eigenvalue weighted by Gasteiger charge is 2.22. The number of benzene rings is 2. The number of pyridine rings is 2. The van der Waals surface area contributed by atoms with Crippen LogP contribution in [0.2, 0.25) is 0 Å². The minimum Gasteiger partial charge on any atom is -0.369 e. The van der Waals surface area contributed by atoms with Crippen molar-refractivity contribution in [1.29, 1.82) is 0 Å². The first-order valence-corrected chi connectivity index (χ1v) is 25.3. The number of carbonyl (C=O) groups is 1. The smallest absolute Gasteiger partial charge is 0.251 e. The molecule has 9 rings (SSSR count). The van der Waals surface area contributed by atoms with Crippen molar-refractivity contribution in [2.45, 2.75) is 19.6 Å². The number of nitrogens with zero attached hydrogens (tertiary/aromatic N) is 11. The molecule has 0 bridgehead atoms. The Balaban J connectivity index is 0.926. The molecular weight excluding hydrogens is 907 g/mol. The molecule has 1 saturated heterocycles. The van der Waals surface area contributed by atoms with Crippen molar-refractivity contribution in [1.82, 2.24) is 49.7 Å². The molecule has 0 saturated carbocycles. The van der Waals surface area contributed by atoms with E-state index in [1.54, 1.807) is 30.5 Å². The third-order valence-electron chi connectivity index (χ3n) is 11.7. The SMILES string of the molecule is CN(c1nccnc1Cn1ccc2cnc(Nc3ccc(C(=O)NCc4nc(Nc5ccc(N6CCNCC6)cc5)cc5c4ccn5Cc4nccnc4N(C)S(C)(=O)=O)cc3)cc21)S(C)(=O)=O. The predicted octanol–water partition coefficient (Wildman–Crippen LogP) is 4.68. The lowest BCUT2D eigenvalue weighted by Gasteiger charge is -2.29. The summed E-state index contributed by atoms with van der Waals surface area (Å²) in [5, 5.41) is 14.9. The molecule has 1 aliphatic rings. The molecule has 0 aliphatic carbocycles. The molecule has 0 radical (unpaired) electrons. The zero-order valence-corrected chi connectivity index (χ0v) is 39.3. The van der Waals surface area contributed by atoms with Gasteiger partial charge in [-0.1, -0.05) is 0 Å². The average Bonchev–Trinajstić information content (AvgIpc) is 3.93. The summed E-state index contributed by atoms with van der Waals surface area (Å²) in [5.41, 5.74) is 6.31. The molecule has 1 fully saturated rings. The molecule has 350 valence electrons. The minimum absolute atomic E-state index is 0.105. The fraction of sp³-hybridized carbons (Fsp3) is 0.239. The Kier molecular flexibility index (Phi) is 12.6. The van der Waals surface area contributed by atoms with Crippen molar-refractivity contribution in [3.63, 3.8) is 0 Å². The van der Waals surface area contributed by atoms with E-state index in [0.717, 1.165) is 80.5 Å². The first kappa shape index (κ1) is 45.5. The van der Waals surface area contributed by atoms with Gasteiger partial charge >= 0.3 is 0 Å². The van der Waals surface area contributed by atoms with E-state index in [9.17, 15) is 21.6 Å². The molecule has 20 nitrogen and oxygen atoms in total. The summed E-state index contributed by atoms with van der Waals surface area (Å²) < 4.78 is 55.7. The number of fused-ring (bicyclic) bond motifs is 2. The van der Waals surface area contributed by atoms with Crippen LogP contribution in [0.1, 0.15) is 27.4 Å². The second-order valence-electron chi connectivity index (χ2n) is 16.3. The largest absolute Gasteiger partial charge is 0.369 e. The van der Waals surface area contributed by atoms with Gasteiger partial charge in [0.2, 0.25) is 20.0 Å². The first-order chi connectivity index (χ1) is 32.7. The van der Waals surface area contributed by atoms with E-state index in [4.69, 9.17) is 4.98 Å². The quantitative estimate of drug-likeness (QED) is 0.103. The summed E-state index contributed by atoms with van der Waals surface area (Å²) in [5.74, 6) is 1.28. The summed E-state index contributed by atoms with van der Waals surface area (Å²) in [4.78, 5) is 43.2. The third-order valence-corrected chi connectivity index (χ3v) is 14.0. The second kappa shape index (κ2) is 18.9. The molecule has 7 heterocycles. The van der Waals surface area contributed by atoms with Crippen LogP contribution in [-0.4, -0.2) is 115 Å². The van der Waals surface area contributed by atoms with Crippen molar-refractivity contribution in [3.05, 3.63) is 139 Å². The van der Waals surface area contributed by atoms with E-state index < -0.39 is 20.0 Å². The Morgan fingerprint density at radius 1 is 0.662 bits per heavy atom. The lowest BCUT2D eigenvalue weighted by molar-refractivity contribution is 0.0950. The molecular formula is C46H49N15O5S2. The van der Waals surface area contributed by atoms with E-state index in [1.807, 2.05) is 57.9 Å². The molecule has 4 N–H and O–H groups in total. The van der Waals surface area contributed by atoms with Gasteiger partial charge in [0.15, 0.2) is 11.6 Å². The Morgan fingerprint density at radius 2 is 1.21 bits per heavy atom. The van der Waals surface area contributed by atoms with Crippen molar-refractivity contribution >= 4 is 88.1 Å². The lowest BCUT2D eigenvalue weighted by Crippen LogP contribution is -2.43. The highest BCUT2D eigenvalue weighted by Crippen LogP contribution is 2.29. The monoisotopic (exact) mass is 955 g/mol. The summed E-state index contributed by atoms with van der Waals surface area (Å²) >= 11 is 0. The van der Waals surface area contributed by atoms with Crippen LogP contribution < -0.4 is 34.8 Å². The standard InChI is InChI=1S/C46H49N15O5S2/c1-57(67(3,63)64)44-38(48-15-17-50-44)29-60-21-13-32-27-52-42(25-40(32)60)54-33-7-5-31(6-8-33)46(62)53-28-37-36-14-22-61(30-39-45(51-18-16-49-39)58(2)68(4,65)66)41(36)26-43(56-37)55-34-9-11-35(12-10-34)59-23-19-47-20-24-59/h5-18,21-22,25-27,47H,19-20,23-24,28-30H2,1-4H3,(H,52,54)(H,53,62)(H,55,56). The molecule has 8 aromatic rings. The molecule has 22 heteroatoms. The van der Waals surface area contributed by atoms with Crippen LogP contribution in [-0.2, 0) is 39.7 Å². The molecule has 0 spiro atoms. The number of aromatic nitrogens is 8. The van der Waals surface area contributed by atoms with Gasteiger partial charge in [0.25, 0.3) is 5.91 Å². The number of sulfonamides is 2. The van der Waals surface area contributed by atoms with Crippen molar-refractivity contribution in [2.75, 3.05) is 76.9 Å². The van der Waals surface area contributed by atoms with Crippen molar-refractivity contribution < 1.29 is 21.6 Å². The van der Waals surface area contributed by atoms with Crippen LogP contribution in [0, 0.1) is 0 Å². The van der Waals surface area contributed by atoms with Crippen molar-refractivity contribution in [3.8, 4) is 0 Å². The maximum Gasteiger partial charge on any atom is 0.251 e. The van der Waals surface area contributed by atoms with E-state index in [2.05, 4.69) is 63.2 Å². The lowest BCUT2D eigenvalue weighted by atomic mass is 10.1. The van der Waals surface area contributed by atoms with Gasteiger partial charge in [-0.25, -0.2) is 36.8 Å². The van der Waals surface area contributed by atoms with Gasteiger partial charge in [-0.05, 0) is 60.7 Å². The van der Waals surface area contributed by atoms with Gasteiger partial charge in [-0.15, -0.1) is 0 Å². The number of rotatable bonds is 16. The summed E-state index contributed by atoms with van der Waals surface area (Å²) in [6.07, 6.45) is 13.7. The zero-order valence-electron chi connectivity index (χ0n) is 37.7. The number of carbonyl (C=O) groups excluding carboxylic acids is 1. The van der Waals surface area contributed by atoms with Crippen LogP contribution in [0.25, 0.3) is 21.8 Å². The van der Waals surface area contributed by atoms with Gasteiger partial charge in [-0.3, -0.25) is 23.4 Å². The average molecular weight is 956 g/mol. The van der Waals surface area contributed by atoms with Gasteiger partial charge in [-0.2, -0.15) is 0 Å². The number of anilines is 7. The Bertz CT molecular complexity index is 3360. The molecule has 1 amide bonds. The van der Waals surface area contributed by atoms with E-state index in [-0.39, 0.29) is 37.2 Å². The fourth-order valence-corrected chi connectivity index (χ4v) is 8.87. The summed E-state index contributed by atoms with van der Waals surface area (Å²) in [7, 11) is -4.26. The fourth-order valence-electron chi connectivity index (χ4n) is 7.93. The molecule has 2 aromatic carbocycles. The van der Waals surface area contributed by atoms with Gasteiger partial charge in [0.1, 0.15) is 23.0 Å². The topological polar surface area (TPSA) is 230 Å². The van der Waals surface area contributed by atoms with E-state index >= 15 is 0 Å². The van der Waals surface area contributed by atoms with Crippen LogP contribution in [0.5, 0.6) is 0 Å². The molecule has 6 aromatic heterocycles. The number of piperazine rings is 1. The molecule has 0 unspecified atom stereocenters. The van der Waals surface area contributed by atoms with Gasteiger partial charge < -0.3 is 35.3 Å². The highest BCUT2D eigenvalue weighted by atomic mass is 32.2. The Morgan fingerprint density at radius 3 is 1.82 bits per heavy atom. The maximum absolute atomic E-state index is 13.7. The van der Waals surface area contributed by atoms with Crippen molar-refractivity contribution in [2.24, 2.45) is 0 Å². The number of amides is 1. The third kappa shape index (κ3) is 10.0. The van der Waals surface area contributed by atoms with Crippen LogP contribution >= 0.6 is 0 Å². The summed E-state index contributed by atoms with van der Waals surface area (Å²) in [6, 6.07) is 22.9. The molecule has 1 aliphatic heterocycles.